The Kier molecular flexibility index (Phi) is 5.04. The first-order valence-electron chi connectivity index (χ1n) is 3.30. The largest absolute Gasteiger partial charge is 0.822 e. The summed E-state index contributed by atoms with van der Waals surface area (Å²) in [4.78, 5) is 35.7. The molecule has 0 spiro atoms. The topological polar surface area (TPSA) is 126 Å². The highest BCUT2D eigenvalue weighted by Crippen LogP contribution is 2.03. The fraction of sp³-hybridized carbons (Fsp3) is 0. The average Bonchev–Trinajstić information content (AvgIpc) is 2.03. The molecule has 0 aliphatic heterocycles. The summed E-state index contributed by atoms with van der Waals surface area (Å²) < 4.78 is 8.55. The van der Waals surface area contributed by atoms with Gasteiger partial charge in [0.2, 0.25) is 0 Å². The number of carboxylic acid groups (broad SMARTS) is 1. The minimum Gasteiger partial charge on any atom is -0.822 e. The Bertz CT molecular complexity index is 321. The van der Waals surface area contributed by atoms with Gasteiger partial charge in [-0.25, -0.2) is 0 Å². The predicted octanol–water partition coefficient (Wildman–Crippen LogP) is -2.77. The van der Waals surface area contributed by atoms with Crippen molar-refractivity contribution in [3.8, 4) is 0 Å². The molecule has 0 N–H and O–H groups in total. The smallest absolute Gasteiger partial charge is 0.0715 e. The molecule has 0 unspecified atom stereocenters. The Balaban J connectivity index is 0.000000292. The number of phosphoric acid groups is 1. The van der Waals surface area contributed by atoms with E-state index >= 15 is 0 Å². The number of carboxylic acids is 1. The average molecular weight is 216 g/mol. The summed E-state index contributed by atoms with van der Waals surface area (Å²) in [5.41, 5.74) is 0.220. The van der Waals surface area contributed by atoms with Gasteiger partial charge in [0.05, 0.1) is 5.97 Å². The van der Waals surface area contributed by atoms with Crippen molar-refractivity contribution in [3.63, 3.8) is 0 Å². The van der Waals surface area contributed by atoms with Crippen LogP contribution in [0.1, 0.15) is 10.4 Å². The predicted molar refractivity (Wildman–Crippen MR) is 38.4 cm³/mol. The van der Waals surface area contributed by atoms with Crippen molar-refractivity contribution in [1.82, 2.24) is 0 Å². The Hall–Kier alpha value is -1.20. The number of benzene rings is 1. The lowest BCUT2D eigenvalue weighted by Gasteiger charge is -2.36. The van der Waals surface area contributed by atoms with Gasteiger partial charge in [-0.05, 0) is 5.56 Å². The highest BCUT2D eigenvalue weighted by Gasteiger charge is 1.85. The van der Waals surface area contributed by atoms with Crippen molar-refractivity contribution in [3.05, 3.63) is 35.9 Å². The molecule has 1 rings (SSSR count). The quantitative estimate of drug-likeness (QED) is 0.467. The van der Waals surface area contributed by atoms with Gasteiger partial charge >= 0.3 is 0 Å². The Morgan fingerprint density at radius 2 is 1.43 bits per heavy atom. The molecule has 1 aromatic carbocycles. The van der Waals surface area contributed by atoms with Crippen molar-refractivity contribution >= 4 is 13.8 Å². The zero-order valence-corrected chi connectivity index (χ0v) is 7.68. The molecule has 6 nitrogen and oxygen atoms in total. The van der Waals surface area contributed by atoms with Gasteiger partial charge in [0.15, 0.2) is 0 Å². The zero-order chi connectivity index (χ0) is 11.2. The minimum atomic E-state index is -5.39. The molecule has 0 aliphatic rings. The van der Waals surface area contributed by atoms with Crippen molar-refractivity contribution in [2.24, 2.45) is 0 Å². The molecule has 0 bridgehead atoms. The molecule has 0 saturated heterocycles. The van der Waals surface area contributed by atoms with E-state index in [1.165, 1.54) is 12.1 Å². The second kappa shape index (κ2) is 5.51. The van der Waals surface area contributed by atoms with Crippen LogP contribution in [0.2, 0.25) is 0 Å². The zero-order valence-electron chi connectivity index (χ0n) is 6.78. The molecule has 0 fully saturated rings. The number of hydrogen-bond donors (Lipinski definition) is 0. The Morgan fingerprint density at radius 1 is 1.07 bits per heavy atom. The van der Waals surface area contributed by atoms with E-state index in [2.05, 4.69) is 0 Å². The van der Waals surface area contributed by atoms with Gasteiger partial charge in [0, 0.05) is 0 Å². The minimum absolute atomic E-state index is 0.220. The van der Waals surface area contributed by atoms with E-state index in [0.717, 1.165) is 0 Å². The van der Waals surface area contributed by atoms with E-state index in [4.69, 9.17) is 19.2 Å². The third-order valence-corrected chi connectivity index (χ3v) is 1.01. The van der Waals surface area contributed by atoms with Crippen LogP contribution < -0.4 is 19.8 Å². The Morgan fingerprint density at radius 3 is 1.64 bits per heavy atom. The van der Waals surface area contributed by atoms with Gasteiger partial charge in [-0.2, -0.15) is 7.82 Å². The van der Waals surface area contributed by atoms with Gasteiger partial charge in [0.25, 0.3) is 0 Å². The number of carbonyl (C=O) groups is 1. The second-order valence-corrected chi connectivity index (χ2v) is 3.00. The maximum absolute atomic E-state index is 10.1. The third kappa shape index (κ3) is 8.89. The molecular formula is C7H5O6P-4. The molecule has 1 aromatic rings. The molecule has 7 heteroatoms. The highest BCUT2D eigenvalue weighted by atomic mass is 31.2. The van der Waals surface area contributed by atoms with E-state index < -0.39 is 13.8 Å². The van der Waals surface area contributed by atoms with Gasteiger partial charge in [-0.15, -0.1) is 0 Å². The maximum Gasteiger partial charge on any atom is 0.0715 e. The van der Waals surface area contributed by atoms with Crippen LogP contribution in [0, 0.1) is 0 Å². The first-order valence-corrected chi connectivity index (χ1v) is 4.76. The fourth-order valence-corrected chi connectivity index (χ4v) is 0.574. The molecule has 0 amide bonds. The summed E-state index contributed by atoms with van der Waals surface area (Å²) in [7, 11) is -5.39. The monoisotopic (exact) mass is 216 g/mol. The van der Waals surface area contributed by atoms with Crippen LogP contribution in [-0.4, -0.2) is 5.97 Å². The lowest BCUT2D eigenvalue weighted by atomic mass is 10.2. The van der Waals surface area contributed by atoms with Crippen molar-refractivity contribution in [2.75, 3.05) is 0 Å². The van der Waals surface area contributed by atoms with Gasteiger partial charge in [-0.1, -0.05) is 30.3 Å². The van der Waals surface area contributed by atoms with Crippen LogP contribution in [0.4, 0.5) is 0 Å². The second-order valence-electron chi connectivity index (χ2n) is 2.10. The van der Waals surface area contributed by atoms with E-state index in [0.29, 0.717) is 0 Å². The fourth-order valence-electron chi connectivity index (χ4n) is 0.574. The van der Waals surface area contributed by atoms with E-state index in [-0.39, 0.29) is 5.56 Å². The van der Waals surface area contributed by atoms with Crippen molar-refractivity contribution < 1.29 is 29.1 Å². The van der Waals surface area contributed by atoms with Crippen LogP contribution in [0.5, 0.6) is 0 Å². The molecule has 0 aromatic heterocycles. The van der Waals surface area contributed by atoms with Crippen molar-refractivity contribution in [2.45, 2.75) is 0 Å². The third-order valence-electron chi connectivity index (χ3n) is 1.01. The van der Waals surface area contributed by atoms with Crippen LogP contribution >= 0.6 is 7.82 Å². The molecule has 0 radical (unpaired) electrons. The molecular weight excluding hydrogens is 211 g/mol. The highest BCUT2D eigenvalue weighted by molar-refractivity contribution is 7.40. The summed E-state index contributed by atoms with van der Waals surface area (Å²) in [6, 6.07) is 8.06. The number of carbonyl (C=O) groups excluding carboxylic acids is 1. The SMILES string of the molecule is O=C([O-])c1ccccc1.O=P([O-])([O-])[O-]. The van der Waals surface area contributed by atoms with Gasteiger partial charge < -0.3 is 29.1 Å². The molecule has 0 saturated carbocycles. The number of hydrogen-bond acceptors (Lipinski definition) is 6. The number of rotatable bonds is 1. The van der Waals surface area contributed by atoms with E-state index in [1.54, 1.807) is 18.2 Å². The summed E-state index contributed by atoms with van der Waals surface area (Å²) in [6.45, 7) is 0. The molecule has 0 aliphatic carbocycles. The molecule has 0 heterocycles. The first kappa shape index (κ1) is 12.8. The maximum atomic E-state index is 10.1. The molecule has 78 valence electrons. The summed E-state index contributed by atoms with van der Waals surface area (Å²) >= 11 is 0. The summed E-state index contributed by atoms with van der Waals surface area (Å²) in [5.74, 6) is -1.13. The van der Waals surface area contributed by atoms with Crippen LogP contribution in [0.15, 0.2) is 30.3 Å². The van der Waals surface area contributed by atoms with Crippen LogP contribution in [-0.2, 0) is 4.57 Å². The first-order chi connectivity index (χ1) is 6.30. The van der Waals surface area contributed by atoms with E-state index in [9.17, 15) is 9.90 Å². The molecule has 0 atom stereocenters. The van der Waals surface area contributed by atoms with Crippen molar-refractivity contribution in [1.29, 1.82) is 0 Å². The van der Waals surface area contributed by atoms with Gasteiger partial charge in [0.1, 0.15) is 0 Å². The molecule has 14 heavy (non-hydrogen) atoms. The van der Waals surface area contributed by atoms with Crippen LogP contribution in [0.25, 0.3) is 0 Å². The summed E-state index contributed by atoms with van der Waals surface area (Å²) in [6.07, 6.45) is 0. The summed E-state index contributed by atoms with van der Waals surface area (Å²) in [5, 5.41) is 10.1. The lowest BCUT2D eigenvalue weighted by Crippen LogP contribution is -2.24. The standard InChI is InChI=1S/C7H6O2.H3O4P/c8-7(9)6-4-2-1-3-5-6;1-5(2,3)4/h1-5H,(H,8,9);(H3,1,2,3,4)/p-4. The van der Waals surface area contributed by atoms with Crippen LogP contribution in [0.3, 0.4) is 0 Å². The lowest BCUT2D eigenvalue weighted by molar-refractivity contribution is -0.432. The normalized spacial score (nSPS) is 9.93. The number of aromatic carboxylic acids is 1. The van der Waals surface area contributed by atoms with Gasteiger partial charge in [-0.3, -0.25) is 0 Å². The Labute approximate surface area is 79.7 Å². The van der Waals surface area contributed by atoms with E-state index in [1.807, 2.05) is 0 Å².